The molecule has 25 heavy (non-hydrogen) atoms. The summed E-state index contributed by atoms with van der Waals surface area (Å²) in [4.78, 5) is 25.8. The van der Waals surface area contributed by atoms with Gasteiger partial charge < -0.3 is 9.84 Å². The zero-order chi connectivity index (χ0) is 18.0. The Morgan fingerprint density at radius 1 is 1.20 bits per heavy atom. The molecule has 0 aromatic carbocycles. The summed E-state index contributed by atoms with van der Waals surface area (Å²) in [6.45, 7) is 6.87. The van der Waals surface area contributed by atoms with Crippen molar-refractivity contribution in [2.75, 3.05) is 6.61 Å². The van der Waals surface area contributed by atoms with Crippen LogP contribution in [0.25, 0.3) is 0 Å². The lowest BCUT2D eigenvalue weighted by molar-refractivity contribution is -0.178. The van der Waals surface area contributed by atoms with Crippen molar-refractivity contribution in [2.24, 2.45) is 34.5 Å². The van der Waals surface area contributed by atoms with Crippen LogP contribution >= 0.6 is 0 Å². The van der Waals surface area contributed by atoms with E-state index in [-0.39, 0.29) is 17.4 Å². The number of rotatable bonds is 2. The lowest BCUT2D eigenvalue weighted by atomic mass is 9.44. The Balaban J connectivity index is 1.67. The van der Waals surface area contributed by atoms with Gasteiger partial charge >= 0.3 is 0 Å². The fourth-order valence-corrected chi connectivity index (χ4v) is 7.24. The van der Waals surface area contributed by atoms with E-state index in [0.717, 1.165) is 32.1 Å². The molecule has 4 saturated carbocycles. The van der Waals surface area contributed by atoms with E-state index in [0.29, 0.717) is 48.8 Å². The molecule has 0 amide bonds. The quantitative estimate of drug-likeness (QED) is 0.833. The highest BCUT2D eigenvalue weighted by Gasteiger charge is 2.64. The van der Waals surface area contributed by atoms with Crippen LogP contribution < -0.4 is 0 Å². The maximum Gasteiger partial charge on any atom is 0.139 e. The third-order valence-electron chi connectivity index (χ3n) is 8.44. The highest BCUT2D eigenvalue weighted by Crippen LogP contribution is 2.64. The Bertz CT molecular complexity index is 586. The molecule has 4 rings (SSSR count). The van der Waals surface area contributed by atoms with Gasteiger partial charge in [-0.25, -0.2) is 0 Å². The first-order valence-electron chi connectivity index (χ1n) is 10.2. The Labute approximate surface area is 150 Å². The smallest absolute Gasteiger partial charge is 0.139 e. The fraction of sp³-hybridized carbons (Fsp3) is 0.905. The van der Waals surface area contributed by atoms with Crippen molar-refractivity contribution in [3.63, 3.8) is 0 Å². The second-order valence-electron chi connectivity index (χ2n) is 9.55. The third kappa shape index (κ3) is 2.39. The monoisotopic (exact) mass is 348 g/mol. The van der Waals surface area contributed by atoms with Gasteiger partial charge in [0.2, 0.25) is 0 Å². The van der Waals surface area contributed by atoms with Crippen molar-refractivity contribution in [2.45, 2.75) is 77.9 Å². The van der Waals surface area contributed by atoms with Crippen LogP contribution in [0.3, 0.4) is 0 Å². The molecule has 4 aliphatic carbocycles. The van der Waals surface area contributed by atoms with Gasteiger partial charge in [-0.05, 0) is 62.2 Å². The molecule has 0 radical (unpaired) electrons. The van der Waals surface area contributed by atoms with Gasteiger partial charge in [-0.2, -0.15) is 0 Å². The molecule has 0 heterocycles. The van der Waals surface area contributed by atoms with Crippen molar-refractivity contribution >= 4 is 11.6 Å². The summed E-state index contributed by atoms with van der Waals surface area (Å²) in [6.07, 6.45) is 5.11. The van der Waals surface area contributed by atoms with Crippen LogP contribution in [0.2, 0.25) is 0 Å². The van der Waals surface area contributed by atoms with Crippen LogP contribution in [0.15, 0.2) is 0 Å². The van der Waals surface area contributed by atoms with Gasteiger partial charge in [0.15, 0.2) is 0 Å². The zero-order valence-corrected chi connectivity index (χ0v) is 15.8. The number of carbonyl (C=O) groups is 2. The van der Waals surface area contributed by atoms with Crippen LogP contribution in [-0.2, 0) is 14.3 Å². The van der Waals surface area contributed by atoms with E-state index in [9.17, 15) is 14.7 Å². The van der Waals surface area contributed by atoms with Crippen LogP contribution in [-0.4, -0.2) is 35.5 Å². The van der Waals surface area contributed by atoms with Gasteiger partial charge in [0.25, 0.3) is 0 Å². The summed E-state index contributed by atoms with van der Waals surface area (Å²) in [6, 6.07) is 0. The molecule has 1 N–H and O–H groups in total. The third-order valence-corrected chi connectivity index (χ3v) is 8.44. The Morgan fingerprint density at radius 3 is 2.68 bits per heavy atom. The second kappa shape index (κ2) is 5.88. The second-order valence-corrected chi connectivity index (χ2v) is 9.55. The summed E-state index contributed by atoms with van der Waals surface area (Å²) in [7, 11) is 0. The number of hydrogen-bond donors (Lipinski definition) is 1. The van der Waals surface area contributed by atoms with Gasteiger partial charge in [0, 0.05) is 30.8 Å². The first kappa shape index (κ1) is 17.7. The van der Waals surface area contributed by atoms with Gasteiger partial charge in [0.1, 0.15) is 11.6 Å². The van der Waals surface area contributed by atoms with E-state index < -0.39 is 11.5 Å². The fourth-order valence-electron chi connectivity index (χ4n) is 7.24. The predicted octanol–water partition coefficient (Wildman–Crippen LogP) is 3.15. The van der Waals surface area contributed by atoms with Crippen molar-refractivity contribution in [1.29, 1.82) is 0 Å². The van der Waals surface area contributed by atoms with Crippen molar-refractivity contribution < 1.29 is 19.4 Å². The highest BCUT2D eigenvalue weighted by atomic mass is 16.5. The molecule has 0 saturated heterocycles. The van der Waals surface area contributed by atoms with E-state index in [4.69, 9.17) is 4.74 Å². The molecule has 0 aromatic rings. The average Bonchev–Trinajstić information content (AvgIpc) is 2.83. The summed E-state index contributed by atoms with van der Waals surface area (Å²) >= 11 is 0. The summed E-state index contributed by atoms with van der Waals surface area (Å²) < 4.78 is 5.83. The number of Topliss-reactive ketones (excluding diaryl/α,β-unsaturated/α-hetero) is 2. The number of carbonyl (C=O) groups excluding carboxylic acids is 2. The molecule has 140 valence electrons. The van der Waals surface area contributed by atoms with Crippen LogP contribution in [0.4, 0.5) is 0 Å². The molecule has 4 heteroatoms. The highest BCUT2D eigenvalue weighted by molar-refractivity contribution is 5.95. The molecular formula is C21H32O4. The number of aliphatic hydroxyl groups excluding tert-OH is 1. The van der Waals surface area contributed by atoms with Crippen molar-refractivity contribution in [3.8, 4) is 0 Å². The number of aliphatic hydroxyl groups is 1. The van der Waals surface area contributed by atoms with E-state index >= 15 is 0 Å². The van der Waals surface area contributed by atoms with Crippen LogP contribution in [0, 0.1) is 34.5 Å². The van der Waals surface area contributed by atoms with Gasteiger partial charge in [-0.15, -0.1) is 0 Å². The van der Waals surface area contributed by atoms with Gasteiger partial charge in [0.05, 0.1) is 12.2 Å². The summed E-state index contributed by atoms with van der Waals surface area (Å²) in [5.74, 6) is 1.77. The van der Waals surface area contributed by atoms with Crippen LogP contribution in [0.5, 0.6) is 0 Å². The Morgan fingerprint density at radius 2 is 1.96 bits per heavy atom. The van der Waals surface area contributed by atoms with Crippen molar-refractivity contribution in [1.82, 2.24) is 0 Å². The minimum absolute atomic E-state index is 0.0469. The molecule has 8 atom stereocenters. The largest absolute Gasteiger partial charge is 0.390 e. The number of fused-ring (bicyclic) bond motifs is 5. The first-order chi connectivity index (χ1) is 11.8. The molecule has 4 fully saturated rings. The SMILES string of the molecule is CCOC1CC2(C)C(CCC3C4CCC(=O)C4(C)CC(=O)C32)CC1O. The summed E-state index contributed by atoms with van der Waals surface area (Å²) in [5, 5.41) is 10.5. The Kier molecular flexibility index (Phi) is 4.16. The van der Waals surface area contributed by atoms with Gasteiger partial charge in [-0.1, -0.05) is 13.8 Å². The number of ether oxygens (including phenoxy) is 1. The van der Waals surface area contributed by atoms with E-state index in [1.807, 2.05) is 13.8 Å². The molecule has 4 nitrogen and oxygen atoms in total. The molecule has 0 aromatic heterocycles. The maximum absolute atomic E-state index is 13.3. The molecule has 4 aliphatic rings. The molecule has 0 spiro atoms. The topological polar surface area (TPSA) is 63.6 Å². The zero-order valence-electron chi connectivity index (χ0n) is 15.8. The Hall–Kier alpha value is -0.740. The van der Waals surface area contributed by atoms with Crippen molar-refractivity contribution in [3.05, 3.63) is 0 Å². The molecule has 0 aliphatic heterocycles. The average molecular weight is 348 g/mol. The maximum atomic E-state index is 13.3. The predicted molar refractivity (Wildman–Crippen MR) is 93.9 cm³/mol. The lowest BCUT2D eigenvalue weighted by Gasteiger charge is -2.59. The summed E-state index contributed by atoms with van der Waals surface area (Å²) in [5.41, 5.74) is -0.499. The molecule has 8 unspecified atom stereocenters. The normalized spacial score (nSPS) is 52.5. The minimum atomic E-state index is -0.411. The standard InChI is InChI=1S/C21H32O4/c1-4-25-17-11-20(2)12(9-15(17)22)5-6-13-14-7-8-18(24)21(14,3)10-16(23)19(13)20/h12-15,17,19,22H,4-11H2,1-3H3. The molecular weight excluding hydrogens is 316 g/mol. The lowest BCUT2D eigenvalue weighted by Crippen LogP contribution is -2.60. The minimum Gasteiger partial charge on any atom is -0.390 e. The van der Waals surface area contributed by atoms with Crippen LogP contribution in [0.1, 0.15) is 65.7 Å². The number of hydrogen-bond acceptors (Lipinski definition) is 4. The van der Waals surface area contributed by atoms with E-state index in [1.54, 1.807) is 0 Å². The van der Waals surface area contributed by atoms with E-state index in [1.165, 1.54) is 0 Å². The van der Waals surface area contributed by atoms with Gasteiger partial charge in [-0.3, -0.25) is 9.59 Å². The number of ketones is 2. The molecule has 0 bridgehead atoms. The first-order valence-corrected chi connectivity index (χ1v) is 10.2. The van der Waals surface area contributed by atoms with E-state index in [2.05, 4.69) is 6.92 Å².